The lowest BCUT2D eigenvalue weighted by molar-refractivity contribution is -0.122. The van der Waals surface area contributed by atoms with E-state index in [0.29, 0.717) is 12.2 Å². The molecule has 2 aromatic heterocycles. The minimum Gasteiger partial charge on any atom is -0.350 e. The number of aryl methyl sites for hydroxylation is 3. The first-order valence-electron chi connectivity index (χ1n) is 7.83. The summed E-state index contributed by atoms with van der Waals surface area (Å²) in [6, 6.07) is 9.48. The molecule has 0 aliphatic heterocycles. The molecule has 0 saturated heterocycles. The van der Waals surface area contributed by atoms with Crippen LogP contribution in [0.4, 0.5) is 0 Å². The number of amides is 1. The first kappa shape index (κ1) is 16.0. The second kappa shape index (κ2) is 6.31. The molecule has 6 heteroatoms. The molecule has 0 spiro atoms. The van der Waals surface area contributed by atoms with E-state index >= 15 is 0 Å². The van der Waals surface area contributed by atoms with Gasteiger partial charge in [0.15, 0.2) is 5.65 Å². The molecule has 2 heterocycles. The van der Waals surface area contributed by atoms with E-state index in [-0.39, 0.29) is 18.1 Å². The van der Waals surface area contributed by atoms with Crippen molar-refractivity contribution in [2.24, 2.45) is 0 Å². The zero-order valence-corrected chi connectivity index (χ0v) is 14.0. The van der Waals surface area contributed by atoms with E-state index in [4.69, 9.17) is 0 Å². The number of fused-ring (bicyclic) bond motifs is 1. The lowest BCUT2D eigenvalue weighted by Gasteiger charge is -2.12. The number of nitrogens with zero attached hydrogens (tertiary/aromatic N) is 3. The second-order valence-electron chi connectivity index (χ2n) is 6.02. The van der Waals surface area contributed by atoms with Gasteiger partial charge in [0, 0.05) is 12.7 Å². The Morgan fingerprint density at radius 2 is 1.88 bits per heavy atom. The van der Waals surface area contributed by atoms with Gasteiger partial charge in [-0.25, -0.2) is 9.48 Å². The summed E-state index contributed by atoms with van der Waals surface area (Å²) in [6.07, 6.45) is 1.64. The number of pyridine rings is 1. The molecule has 1 amide bonds. The Balaban J connectivity index is 1.72. The fourth-order valence-corrected chi connectivity index (χ4v) is 2.94. The van der Waals surface area contributed by atoms with Crippen molar-refractivity contribution in [1.82, 2.24) is 19.5 Å². The van der Waals surface area contributed by atoms with Gasteiger partial charge in [0.05, 0.1) is 0 Å². The van der Waals surface area contributed by atoms with Gasteiger partial charge in [0.2, 0.25) is 5.91 Å². The first-order chi connectivity index (χ1) is 11.5. The third-order valence-electron chi connectivity index (χ3n) is 4.08. The van der Waals surface area contributed by atoms with E-state index in [0.717, 1.165) is 16.7 Å². The van der Waals surface area contributed by atoms with Crippen LogP contribution in [0.3, 0.4) is 0 Å². The quantitative estimate of drug-likeness (QED) is 0.795. The number of aromatic nitrogens is 3. The molecule has 0 fully saturated rings. The highest BCUT2D eigenvalue weighted by Crippen LogP contribution is 2.15. The van der Waals surface area contributed by atoms with E-state index < -0.39 is 0 Å². The number of benzene rings is 1. The summed E-state index contributed by atoms with van der Waals surface area (Å²) in [6.45, 7) is 6.48. The average Bonchev–Trinajstić information content (AvgIpc) is 2.83. The molecule has 6 nitrogen and oxygen atoms in total. The predicted octanol–water partition coefficient (Wildman–Crippen LogP) is 1.74. The summed E-state index contributed by atoms with van der Waals surface area (Å²) >= 11 is 0. The molecule has 1 aromatic carbocycles. The molecule has 3 rings (SSSR count). The summed E-state index contributed by atoms with van der Waals surface area (Å²) in [7, 11) is 0. The molecule has 24 heavy (non-hydrogen) atoms. The third-order valence-corrected chi connectivity index (χ3v) is 4.08. The molecule has 0 unspecified atom stereocenters. The zero-order valence-electron chi connectivity index (χ0n) is 14.0. The Kier molecular flexibility index (Phi) is 4.20. The standard InChI is InChI=1S/C18H20N4O2/c1-12-8-13(2)15(14(3)9-12)10-19-17(23)11-22-18(24)21-7-5-4-6-16(21)20-22/h4-9H,10-11H2,1-3H3,(H,19,23). The number of hydrogen-bond acceptors (Lipinski definition) is 3. The monoisotopic (exact) mass is 324 g/mol. The maximum Gasteiger partial charge on any atom is 0.350 e. The first-order valence-corrected chi connectivity index (χ1v) is 7.83. The molecule has 0 aliphatic rings. The SMILES string of the molecule is Cc1cc(C)c(CNC(=O)Cn2nc3ccccn3c2=O)c(C)c1. The lowest BCUT2D eigenvalue weighted by Crippen LogP contribution is -2.32. The molecule has 0 radical (unpaired) electrons. The Morgan fingerprint density at radius 3 is 2.54 bits per heavy atom. The van der Waals surface area contributed by atoms with Crippen LogP contribution in [0.1, 0.15) is 22.3 Å². The van der Waals surface area contributed by atoms with E-state index in [1.807, 2.05) is 13.8 Å². The normalized spacial score (nSPS) is 11.0. The lowest BCUT2D eigenvalue weighted by atomic mass is 10.00. The Morgan fingerprint density at radius 1 is 1.17 bits per heavy atom. The maximum atomic E-state index is 12.2. The smallest absolute Gasteiger partial charge is 0.350 e. The minimum atomic E-state index is -0.316. The van der Waals surface area contributed by atoms with E-state index in [9.17, 15) is 9.59 Å². The fraction of sp³-hybridized carbons (Fsp3) is 0.278. The van der Waals surface area contributed by atoms with Crippen LogP contribution < -0.4 is 11.0 Å². The highest BCUT2D eigenvalue weighted by molar-refractivity contribution is 5.75. The average molecular weight is 324 g/mol. The number of hydrogen-bond donors (Lipinski definition) is 1. The predicted molar refractivity (Wildman–Crippen MR) is 92.0 cm³/mol. The van der Waals surface area contributed by atoms with Crippen molar-refractivity contribution < 1.29 is 4.79 Å². The van der Waals surface area contributed by atoms with Crippen molar-refractivity contribution in [2.75, 3.05) is 0 Å². The van der Waals surface area contributed by atoms with Crippen LogP contribution >= 0.6 is 0 Å². The van der Waals surface area contributed by atoms with Gasteiger partial charge in [0.25, 0.3) is 0 Å². The van der Waals surface area contributed by atoms with Crippen LogP contribution in [0.25, 0.3) is 5.65 Å². The van der Waals surface area contributed by atoms with Crippen molar-refractivity contribution in [3.63, 3.8) is 0 Å². The highest BCUT2D eigenvalue weighted by atomic mass is 16.2. The van der Waals surface area contributed by atoms with Gasteiger partial charge in [0.1, 0.15) is 6.54 Å². The van der Waals surface area contributed by atoms with Gasteiger partial charge in [-0.2, -0.15) is 0 Å². The summed E-state index contributed by atoms with van der Waals surface area (Å²) in [4.78, 5) is 24.4. The molecular formula is C18H20N4O2. The van der Waals surface area contributed by atoms with Gasteiger partial charge in [-0.15, -0.1) is 5.10 Å². The highest BCUT2D eigenvalue weighted by Gasteiger charge is 2.11. The fourth-order valence-electron chi connectivity index (χ4n) is 2.94. The van der Waals surface area contributed by atoms with E-state index in [2.05, 4.69) is 29.5 Å². The number of nitrogens with one attached hydrogen (secondary N) is 1. The van der Waals surface area contributed by atoms with Crippen LogP contribution in [-0.2, 0) is 17.9 Å². The Bertz CT molecular complexity index is 946. The van der Waals surface area contributed by atoms with Gasteiger partial charge in [-0.3, -0.25) is 9.20 Å². The molecule has 0 atom stereocenters. The summed E-state index contributed by atoms with van der Waals surface area (Å²) < 4.78 is 2.60. The second-order valence-corrected chi connectivity index (χ2v) is 6.02. The van der Waals surface area contributed by atoms with E-state index in [1.165, 1.54) is 14.6 Å². The molecule has 3 aromatic rings. The van der Waals surface area contributed by atoms with Gasteiger partial charge in [-0.1, -0.05) is 23.8 Å². The minimum absolute atomic E-state index is 0.0928. The summed E-state index contributed by atoms with van der Waals surface area (Å²) in [5, 5.41) is 7.03. The van der Waals surface area contributed by atoms with Crippen molar-refractivity contribution in [2.45, 2.75) is 33.9 Å². The van der Waals surface area contributed by atoms with Crippen molar-refractivity contribution in [3.05, 3.63) is 69.3 Å². The van der Waals surface area contributed by atoms with Crippen LogP contribution in [0, 0.1) is 20.8 Å². The molecule has 0 aliphatic carbocycles. The molecule has 124 valence electrons. The van der Waals surface area contributed by atoms with Crippen molar-refractivity contribution in [3.8, 4) is 0 Å². The largest absolute Gasteiger partial charge is 0.350 e. The topological polar surface area (TPSA) is 68.4 Å². The van der Waals surface area contributed by atoms with Crippen LogP contribution in [0.2, 0.25) is 0 Å². The zero-order chi connectivity index (χ0) is 17.3. The van der Waals surface area contributed by atoms with E-state index in [1.54, 1.807) is 24.4 Å². The van der Waals surface area contributed by atoms with Crippen molar-refractivity contribution in [1.29, 1.82) is 0 Å². The maximum absolute atomic E-state index is 12.2. The Hall–Kier alpha value is -2.89. The molecule has 0 bridgehead atoms. The number of carbonyl (C=O) groups excluding carboxylic acids is 1. The molecule has 1 N–H and O–H groups in total. The number of rotatable bonds is 4. The van der Waals surface area contributed by atoms with Gasteiger partial charge >= 0.3 is 5.69 Å². The molecule has 0 saturated carbocycles. The third kappa shape index (κ3) is 3.08. The summed E-state index contributed by atoms with van der Waals surface area (Å²) in [5.74, 6) is -0.236. The summed E-state index contributed by atoms with van der Waals surface area (Å²) in [5.41, 5.74) is 4.83. The van der Waals surface area contributed by atoms with Gasteiger partial charge in [-0.05, 0) is 49.6 Å². The van der Waals surface area contributed by atoms with Crippen LogP contribution in [-0.4, -0.2) is 20.1 Å². The van der Waals surface area contributed by atoms with Crippen molar-refractivity contribution >= 4 is 11.6 Å². The molecular weight excluding hydrogens is 304 g/mol. The van der Waals surface area contributed by atoms with Gasteiger partial charge < -0.3 is 5.32 Å². The number of carbonyl (C=O) groups is 1. The van der Waals surface area contributed by atoms with Crippen LogP contribution in [0.5, 0.6) is 0 Å². The Labute approximate surface area is 139 Å². The van der Waals surface area contributed by atoms with Crippen LogP contribution in [0.15, 0.2) is 41.3 Å².